The molecule has 2 aromatic rings. The number of benzene rings is 2. The Balaban J connectivity index is 1.90. The van der Waals surface area contributed by atoms with Gasteiger partial charge in [-0.05, 0) is 41.8 Å². The van der Waals surface area contributed by atoms with Crippen molar-refractivity contribution in [3.05, 3.63) is 58.1 Å². The number of hydrogen-bond donors (Lipinski definition) is 2. The van der Waals surface area contributed by atoms with Gasteiger partial charge in [0, 0.05) is 24.5 Å². The van der Waals surface area contributed by atoms with E-state index in [9.17, 15) is 4.79 Å². The maximum absolute atomic E-state index is 11.2. The van der Waals surface area contributed by atoms with Gasteiger partial charge < -0.3 is 16.4 Å². The Morgan fingerprint density at radius 1 is 1.24 bits per heavy atom. The molecule has 108 valence electrons. The lowest BCUT2D eigenvalue weighted by atomic mass is 9.97. The topological polar surface area (TPSA) is 72.4 Å². The van der Waals surface area contributed by atoms with Crippen LogP contribution in [0.2, 0.25) is 5.02 Å². The first kappa shape index (κ1) is 13.8. The molecule has 1 aliphatic heterocycles. The predicted octanol–water partition coefficient (Wildman–Crippen LogP) is 2.58. The van der Waals surface area contributed by atoms with Crippen LogP contribution in [0.4, 0.5) is 11.4 Å². The van der Waals surface area contributed by atoms with Gasteiger partial charge in [0.05, 0.1) is 10.6 Å². The summed E-state index contributed by atoms with van der Waals surface area (Å²) in [4.78, 5) is 13.4. The third kappa shape index (κ3) is 2.54. The van der Waals surface area contributed by atoms with Crippen LogP contribution in [0.1, 0.15) is 21.5 Å². The maximum Gasteiger partial charge on any atom is 0.250 e. The SMILES string of the molecule is NC(=O)c1ccc(N2CCc3c(N)cccc3C2)cc1Cl. The molecule has 0 aliphatic carbocycles. The van der Waals surface area contributed by atoms with Crippen LogP contribution in [-0.2, 0) is 13.0 Å². The first-order valence-electron chi connectivity index (χ1n) is 6.77. The molecule has 1 aliphatic rings. The standard InChI is InChI=1S/C16H16ClN3O/c17-14-8-11(4-5-13(14)16(19)21)20-7-6-12-10(9-20)2-1-3-15(12)18/h1-5,8H,6-7,9,18H2,(H2,19,21). The van der Waals surface area contributed by atoms with Crippen LogP contribution in [0.15, 0.2) is 36.4 Å². The fraction of sp³-hybridized carbons (Fsp3) is 0.188. The monoisotopic (exact) mass is 301 g/mol. The minimum atomic E-state index is -0.511. The van der Waals surface area contributed by atoms with Gasteiger partial charge in [0.1, 0.15) is 0 Å². The van der Waals surface area contributed by atoms with Crippen LogP contribution >= 0.6 is 11.6 Å². The molecule has 4 nitrogen and oxygen atoms in total. The van der Waals surface area contributed by atoms with Crippen molar-refractivity contribution in [3.63, 3.8) is 0 Å². The number of fused-ring (bicyclic) bond motifs is 1. The molecule has 5 heteroatoms. The first-order chi connectivity index (χ1) is 10.1. The number of carbonyl (C=O) groups excluding carboxylic acids is 1. The summed E-state index contributed by atoms with van der Waals surface area (Å²) < 4.78 is 0. The number of hydrogen-bond acceptors (Lipinski definition) is 3. The van der Waals surface area contributed by atoms with Gasteiger partial charge in [-0.1, -0.05) is 23.7 Å². The van der Waals surface area contributed by atoms with E-state index in [4.69, 9.17) is 23.1 Å². The average Bonchev–Trinajstić information content (AvgIpc) is 2.46. The Labute approximate surface area is 128 Å². The van der Waals surface area contributed by atoms with Gasteiger partial charge in [-0.25, -0.2) is 0 Å². The number of amides is 1. The highest BCUT2D eigenvalue weighted by atomic mass is 35.5. The van der Waals surface area contributed by atoms with Crippen molar-refractivity contribution in [3.8, 4) is 0 Å². The summed E-state index contributed by atoms with van der Waals surface area (Å²) in [6.07, 6.45) is 0.900. The Hall–Kier alpha value is -2.20. The molecule has 1 heterocycles. The smallest absolute Gasteiger partial charge is 0.250 e. The Morgan fingerprint density at radius 3 is 2.76 bits per heavy atom. The van der Waals surface area contributed by atoms with Gasteiger partial charge in [-0.2, -0.15) is 0 Å². The second-order valence-corrected chi connectivity index (χ2v) is 5.59. The third-order valence-corrected chi connectivity index (χ3v) is 4.20. The van der Waals surface area contributed by atoms with Crippen molar-refractivity contribution >= 4 is 28.9 Å². The molecule has 1 amide bonds. The average molecular weight is 302 g/mol. The van der Waals surface area contributed by atoms with E-state index in [1.54, 1.807) is 12.1 Å². The third-order valence-electron chi connectivity index (χ3n) is 3.89. The molecule has 0 saturated heterocycles. The zero-order valence-corrected chi connectivity index (χ0v) is 12.2. The molecule has 3 rings (SSSR count). The normalized spacial score (nSPS) is 13.9. The molecule has 0 saturated carbocycles. The van der Waals surface area contributed by atoms with Crippen LogP contribution < -0.4 is 16.4 Å². The highest BCUT2D eigenvalue weighted by Crippen LogP contribution is 2.30. The van der Waals surface area contributed by atoms with E-state index in [0.717, 1.165) is 30.9 Å². The molecule has 0 fully saturated rings. The first-order valence-corrected chi connectivity index (χ1v) is 7.14. The van der Waals surface area contributed by atoms with Gasteiger partial charge >= 0.3 is 0 Å². The Kier molecular flexibility index (Phi) is 3.47. The molecule has 2 aromatic carbocycles. The zero-order chi connectivity index (χ0) is 15.0. The molecule has 0 atom stereocenters. The summed E-state index contributed by atoms with van der Waals surface area (Å²) in [5, 5.41) is 0.387. The molecule has 0 aromatic heterocycles. The predicted molar refractivity (Wildman–Crippen MR) is 85.6 cm³/mol. The fourth-order valence-electron chi connectivity index (χ4n) is 2.76. The largest absolute Gasteiger partial charge is 0.398 e. The number of rotatable bonds is 2. The summed E-state index contributed by atoms with van der Waals surface area (Å²) in [5.41, 5.74) is 15.9. The summed E-state index contributed by atoms with van der Waals surface area (Å²) in [7, 11) is 0. The minimum absolute atomic E-state index is 0.349. The quantitative estimate of drug-likeness (QED) is 0.837. The molecule has 0 radical (unpaired) electrons. The molecular weight excluding hydrogens is 286 g/mol. The Morgan fingerprint density at radius 2 is 2.05 bits per heavy atom. The van der Waals surface area contributed by atoms with Crippen LogP contribution in [0.5, 0.6) is 0 Å². The van der Waals surface area contributed by atoms with E-state index in [1.165, 1.54) is 11.1 Å². The lowest BCUT2D eigenvalue weighted by molar-refractivity contribution is 0.100. The molecular formula is C16H16ClN3O. The van der Waals surface area contributed by atoms with E-state index in [0.29, 0.717) is 10.6 Å². The van der Waals surface area contributed by atoms with Crippen molar-refractivity contribution in [2.75, 3.05) is 17.2 Å². The van der Waals surface area contributed by atoms with Crippen LogP contribution in [0, 0.1) is 0 Å². The second kappa shape index (κ2) is 5.30. The van der Waals surface area contributed by atoms with Crippen molar-refractivity contribution in [1.29, 1.82) is 0 Å². The maximum atomic E-state index is 11.2. The van der Waals surface area contributed by atoms with Crippen molar-refractivity contribution in [2.45, 2.75) is 13.0 Å². The zero-order valence-electron chi connectivity index (χ0n) is 11.5. The lowest BCUT2D eigenvalue weighted by Crippen LogP contribution is -2.30. The lowest BCUT2D eigenvalue weighted by Gasteiger charge is -2.31. The number of halogens is 1. The highest BCUT2D eigenvalue weighted by Gasteiger charge is 2.19. The summed E-state index contributed by atoms with van der Waals surface area (Å²) in [5.74, 6) is -0.511. The number of carbonyl (C=O) groups is 1. The van der Waals surface area contributed by atoms with E-state index in [-0.39, 0.29) is 0 Å². The van der Waals surface area contributed by atoms with Crippen LogP contribution in [-0.4, -0.2) is 12.5 Å². The number of nitrogens with zero attached hydrogens (tertiary/aromatic N) is 1. The van der Waals surface area contributed by atoms with Gasteiger partial charge in [0.25, 0.3) is 0 Å². The Bertz CT molecular complexity index is 715. The van der Waals surface area contributed by atoms with E-state index in [1.807, 2.05) is 18.2 Å². The van der Waals surface area contributed by atoms with Gasteiger partial charge in [0.15, 0.2) is 0 Å². The molecule has 0 spiro atoms. The number of anilines is 2. The molecule has 0 unspecified atom stereocenters. The molecule has 0 bridgehead atoms. The van der Waals surface area contributed by atoms with E-state index < -0.39 is 5.91 Å². The van der Waals surface area contributed by atoms with E-state index in [2.05, 4.69) is 11.0 Å². The highest BCUT2D eigenvalue weighted by molar-refractivity contribution is 6.34. The van der Waals surface area contributed by atoms with Crippen molar-refractivity contribution < 1.29 is 4.79 Å². The number of nitrogens with two attached hydrogens (primary N) is 2. The van der Waals surface area contributed by atoms with Crippen LogP contribution in [0.3, 0.4) is 0 Å². The summed E-state index contributed by atoms with van der Waals surface area (Å²) in [6, 6.07) is 11.3. The van der Waals surface area contributed by atoms with Gasteiger partial charge in [-0.3, -0.25) is 4.79 Å². The minimum Gasteiger partial charge on any atom is -0.398 e. The van der Waals surface area contributed by atoms with Gasteiger partial charge in [0.2, 0.25) is 5.91 Å². The number of primary amides is 1. The van der Waals surface area contributed by atoms with Crippen molar-refractivity contribution in [2.24, 2.45) is 5.73 Å². The summed E-state index contributed by atoms with van der Waals surface area (Å²) in [6.45, 7) is 1.65. The number of nitrogen functional groups attached to an aromatic ring is 1. The van der Waals surface area contributed by atoms with E-state index >= 15 is 0 Å². The molecule has 4 N–H and O–H groups in total. The fourth-order valence-corrected chi connectivity index (χ4v) is 3.03. The van der Waals surface area contributed by atoms with Crippen molar-refractivity contribution in [1.82, 2.24) is 0 Å². The summed E-state index contributed by atoms with van der Waals surface area (Å²) >= 11 is 6.12. The molecule has 21 heavy (non-hydrogen) atoms. The second-order valence-electron chi connectivity index (χ2n) is 5.18. The van der Waals surface area contributed by atoms with Crippen LogP contribution in [0.25, 0.3) is 0 Å². The van der Waals surface area contributed by atoms with Gasteiger partial charge in [-0.15, -0.1) is 0 Å².